The van der Waals surface area contributed by atoms with Crippen molar-refractivity contribution in [3.05, 3.63) is 0 Å². The molecule has 1 aliphatic rings. The fourth-order valence-corrected chi connectivity index (χ4v) is 1.65. The molecule has 0 unspecified atom stereocenters. The Bertz CT molecular complexity index is 117. The summed E-state index contributed by atoms with van der Waals surface area (Å²) in [6.45, 7) is 2.70. The van der Waals surface area contributed by atoms with E-state index in [-0.39, 0.29) is 0 Å². The first-order valence-electron chi connectivity index (χ1n) is 4.41. The number of nitrogens with one attached hydrogen (secondary N) is 1. The summed E-state index contributed by atoms with van der Waals surface area (Å²) in [4.78, 5) is 9.92. The average molecular weight is 154 g/mol. The van der Waals surface area contributed by atoms with Crippen molar-refractivity contribution in [2.45, 2.75) is 38.6 Å². The van der Waals surface area contributed by atoms with E-state index in [1.807, 2.05) is 6.29 Å². The van der Waals surface area contributed by atoms with Gasteiger partial charge in [0.05, 0.1) is 6.54 Å². The van der Waals surface area contributed by atoms with Gasteiger partial charge in [0.1, 0.15) is 0 Å². The van der Waals surface area contributed by atoms with E-state index in [4.69, 9.17) is 0 Å². The average Bonchev–Trinajstić information content (AvgIpc) is 2.04. The van der Waals surface area contributed by atoms with Crippen LogP contribution in [0.1, 0.15) is 32.6 Å². The van der Waals surface area contributed by atoms with Crippen LogP contribution < -0.4 is 5.32 Å². The Morgan fingerprint density at radius 3 is 2.55 bits per heavy atom. The number of hydrogen-bond acceptors (Lipinski definition) is 2. The van der Waals surface area contributed by atoms with E-state index in [2.05, 4.69) is 12.2 Å². The molecule has 0 aromatic rings. The summed E-state index contributed by atoms with van der Waals surface area (Å²) in [6, 6.07) is 0.577. The molecular formula is C9H16NO. The zero-order chi connectivity index (χ0) is 8.10. The normalized spacial score (nSPS) is 31.7. The predicted octanol–water partition coefficient (Wildman–Crippen LogP) is 1.26. The van der Waals surface area contributed by atoms with Gasteiger partial charge in [-0.05, 0) is 31.6 Å². The quantitative estimate of drug-likeness (QED) is 0.663. The predicted molar refractivity (Wildman–Crippen MR) is 45.1 cm³/mol. The molecule has 0 heterocycles. The Morgan fingerprint density at radius 1 is 1.36 bits per heavy atom. The first-order valence-corrected chi connectivity index (χ1v) is 4.41. The van der Waals surface area contributed by atoms with Gasteiger partial charge in [0.25, 0.3) is 0 Å². The molecule has 1 radical (unpaired) electrons. The molecule has 0 aromatic carbocycles. The third-order valence-electron chi connectivity index (χ3n) is 2.48. The molecule has 1 fully saturated rings. The second-order valence-corrected chi connectivity index (χ2v) is 3.48. The summed E-state index contributed by atoms with van der Waals surface area (Å²) in [5, 5.41) is 3.17. The summed E-state index contributed by atoms with van der Waals surface area (Å²) in [6.07, 6.45) is 6.92. The zero-order valence-corrected chi connectivity index (χ0v) is 7.10. The maximum Gasteiger partial charge on any atom is 0.213 e. The largest absolute Gasteiger partial charge is 0.307 e. The highest BCUT2D eigenvalue weighted by atomic mass is 16.1. The van der Waals surface area contributed by atoms with Crippen LogP contribution in [0.2, 0.25) is 0 Å². The summed E-state index contributed by atoms with van der Waals surface area (Å²) >= 11 is 0. The maximum atomic E-state index is 9.92. The van der Waals surface area contributed by atoms with Gasteiger partial charge in [-0.25, -0.2) is 0 Å². The summed E-state index contributed by atoms with van der Waals surface area (Å²) in [5.74, 6) is 0.883. The highest BCUT2D eigenvalue weighted by molar-refractivity contribution is 5.52. The molecule has 1 aliphatic carbocycles. The SMILES string of the molecule is C[C@H]1CC[C@H](NC[C]=O)CC1. The smallest absolute Gasteiger partial charge is 0.213 e. The third-order valence-corrected chi connectivity index (χ3v) is 2.48. The van der Waals surface area contributed by atoms with Crippen LogP contribution in [0.5, 0.6) is 0 Å². The molecule has 0 aliphatic heterocycles. The van der Waals surface area contributed by atoms with Crippen LogP contribution in [0, 0.1) is 5.92 Å². The van der Waals surface area contributed by atoms with E-state index >= 15 is 0 Å². The first-order chi connectivity index (χ1) is 5.33. The van der Waals surface area contributed by atoms with Crippen molar-refractivity contribution in [3.8, 4) is 0 Å². The minimum Gasteiger partial charge on any atom is -0.307 e. The van der Waals surface area contributed by atoms with Crippen molar-refractivity contribution >= 4 is 6.29 Å². The zero-order valence-electron chi connectivity index (χ0n) is 7.10. The lowest BCUT2D eigenvalue weighted by molar-refractivity contribution is 0.314. The topological polar surface area (TPSA) is 29.1 Å². The molecule has 2 nitrogen and oxygen atoms in total. The first kappa shape index (κ1) is 8.72. The molecule has 0 bridgehead atoms. The molecular weight excluding hydrogens is 138 g/mol. The van der Waals surface area contributed by atoms with E-state index < -0.39 is 0 Å². The van der Waals surface area contributed by atoms with Crippen molar-refractivity contribution in [2.75, 3.05) is 6.54 Å². The van der Waals surface area contributed by atoms with E-state index in [0.717, 1.165) is 5.92 Å². The summed E-state index contributed by atoms with van der Waals surface area (Å²) in [5.41, 5.74) is 0. The lowest BCUT2D eigenvalue weighted by Gasteiger charge is -2.26. The van der Waals surface area contributed by atoms with Crippen LogP contribution >= 0.6 is 0 Å². The fraction of sp³-hybridized carbons (Fsp3) is 0.889. The molecule has 63 valence electrons. The Kier molecular flexibility index (Phi) is 3.57. The van der Waals surface area contributed by atoms with Crippen LogP contribution in [0.25, 0.3) is 0 Å². The molecule has 0 atom stereocenters. The van der Waals surface area contributed by atoms with Gasteiger partial charge in [0, 0.05) is 6.04 Å². The van der Waals surface area contributed by atoms with Gasteiger partial charge in [0.15, 0.2) is 0 Å². The molecule has 1 saturated carbocycles. The Hall–Kier alpha value is -0.370. The third kappa shape index (κ3) is 3.02. The lowest BCUT2D eigenvalue weighted by atomic mass is 9.87. The van der Waals surface area contributed by atoms with E-state index in [9.17, 15) is 4.79 Å². The summed E-state index contributed by atoms with van der Waals surface area (Å²) < 4.78 is 0. The van der Waals surface area contributed by atoms with E-state index in [0.29, 0.717) is 12.6 Å². The standard InChI is InChI=1S/C9H16NO/c1-8-2-4-9(5-3-8)10-6-7-11/h8-10H,2-6H2,1H3/t8-,9-. The van der Waals surface area contributed by atoms with Gasteiger partial charge in [-0.3, -0.25) is 4.79 Å². The van der Waals surface area contributed by atoms with Crippen molar-refractivity contribution in [2.24, 2.45) is 5.92 Å². The maximum absolute atomic E-state index is 9.92. The van der Waals surface area contributed by atoms with Crippen LogP contribution in [0.15, 0.2) is 0 Å². The molecule has 11 heavy (non-hydrogen) atoms. The summed E-state index contributed by atoms with van der Waals surface area (Å²) in [7, 11) is 0. The monoisotopic (exact) mass is 154 g/mol. The minimum atomic E-state index is 0.402. The number of rotatable bonds is 3. The number of carbonyl (C=O) groups excluding carboxylic acids is 1. The van der Waals surface area contributed by atoms with Gasteiger partial charge < -0.3 is 5.32 Å². The van der Waals surface area contributed by atoms with Crippen molar-refractivity contribution in [3.63, 3.8) is 0 Å². The van der Waals surface area contributed by atoms with Crippen molar-refractivity contribution < 1.29 is 4.79 Å². The molecule has 0 saturated heterocycles. The molecule has 1 N–H and O–H groups in total. The van der Waals surface area contributed by atoms with E-state index in [1.165, 1.54) is 25.7 Å². The van der Waals surface area contributed by atoms with Gasteiger partial charge in [-0.2, -0.15) is 0 Å². The fourth-order valence-electron chi connectivity index (χ4n) is 1.65. The van der Waals surface area contributed by atoms with Crippen LogP contribution in [0.3, 0.4) is 0 Å². The molecule has 0 amide bonds. The number of hydrogen-bond donors (Lipinski definition) is 1. The van der Waals surface area contributed by atoms with Crippen molar-refractivity contribution in [1.82, 2.24) is 5.32 Å². The lowest BCUT2D eigenvalue weighted by Crippen LogP contribution is -2.33. The van der Waals surface area contributed by atoms with Crippen LogP contribution in [-0.4, -0.2) is 18.9 Å². The Balaban J connectivity index is 2.12. The molecule has 0 aromatic heterocycles. The van der Waals surface area contributed by atoms with Gasteiger partial charge in [0.2, 0.25) is 6.29 Å². The Morgan fingerprint density at radius 2 is 2.00 bits per heavy atom. The highest BCUT2D eigenvalue weighted by Crippen LogP contribution is 2.22. The minimum absolute atomic E-state index is 0.402. The van der Waals surface area contributed by atoms with Crippen LogP contribution in [0.4, 0.5) is 0 Å². The van der Waals surface area contributed by atoms with Gasteiger partial charge in [-0.15, -0.1) is 0 Å². The van der Waals surface area contributed by atoms with E-state index in [1.54, 1.807) is 0 Å². The second kappa shape index (κ2) is 4.50. The van der Waals surface area contributed by atoms with Gasteiger partial charge in [-0.1, -0.05) is 6.92 Å². The molecule has 1 rings (SSSR count). The Labute approximate surface area is 68.4 Å². The van der Waals surface area contributed by atoms with Gasteiger partial charge >= 0.3 is 0 Å². The molecule has 0 spiro atoms. The molecule has 2 heteroatoms. The van der Waals surface area contributed by atoms with Crippen LogP contribution in [-0.2, 0) is 4.79 Å². The highest BCUT2D eigenvalue weighted by Gasteiger charge is 2.16. The second-order valence-electron chi connectivity index (χ2n) is 3.48. The van der Waals surface area contributed by atoms with Crippen molar-refractivity contribution in [1.29, 1.82) is 0 Å².